The summed E-state index contributed by atoms with van der Waals surface area (Å²) < 4.78 is 10.3. The van der Waals surface area contributed by atoms with Crippen molar-refractivity contribution in [3.8, 4) is 0 Å². The highest BCUT2D eigenvalue weighted by Crippen LogP contribution is 2.26. The van der Waals surface area contributed by atoms with E-state index in [0.29, 0.717) is 0 Å². The molecule has 0 heterocycles. The molecule has 0 aromatic carbocycles. The molecule has 6 nitrogen and oxygen atoms in total. The Labute approximate surface area is 106 Å². The Balaban J connectivity index is 2.74. The molecular weight excluding hydrogens is 240 g/mol. The summed E-state index contributed by atoms with van der Waals surface area (Å²) in [5.74, 6) is 0. The van der Waals surface area contributed by atoms with Gasteiger partial charge < -0.3 is 29.9 Å². The number of aliphatic hydroxyl groups is 4. The van der Waals surface area contributed by atoms with Crippen molar-refractivity contribution in [2.24, 2.45) is 0 Å². The zero-order valence-corrected chi connectivity index (χ0v) is 10.1. The van der Waals surface area contributed by atoms with Crippen LogP contribution in [0, 0.1) is 0 Å². The SMILES string of the molecule is C=CCOC1[C@@H](O)[C@@H](O)C(OCC=C)[C@H](O)[C@H]1O. The summed E-state index contributed by atoms with van der Waals surface area (Å²) in [5, 5.41) is 39.3. The minimum atomic E-state index is -1.35. The molecule has 0 saturated heterocycles. The van der Waals surface area contributed by atoms with Crippen LogP contribution in [0.2, 0.25) is 0 Å². The molecule has 6 atom stereocenters. The molecule has 2 unspecified atom stereocenters. The van der Waals surface area contributed by atoms with Crippen molar-refractivity contribution < 1.29 is 29.9 Å². The minimum absolute atomic E-state index is 0.0937. The fourth-order valence-electron chi connectivity index (χ4n) is 1.93. The monoisotopic (exact) mass is 260 g/mol. The van der Waals surface area contributed by atoms with Crippen molar-refractivity contribution in [1.29, 1.82) is 0 Å². The van der Waals surface area contributed by atoms with Crippen LogP contribution in [0.1, 0.15) is 0 Å². The average Bonchev–Trinajstić information content (AvgIpc) is 2.37. The van der Waals surface area contributed by atoms with E-state index < -0.39 is 36.6 Å². The minimum Gasteiger partial charge on any atom is -0.387 e. The van der Waals surface area contributed by atoms with E-state index in [9.17, 15) is 20.4 Å². The van der Waals surface area contributed by atoms with Crippen LogP contribution in [0.4, 0.5) is 0 Å². The highest BCUT2D eigenvalue weighted by Gasteiger charge is 2.49. The standard InChI is InChI=1S/C12H20O6/c1-3-5-17-11-7(13)9(15)12(18-6-4-2)10(16)8(11)14/h3-4,7-16H,1-2,5-6H2/t7-,8-,9-,10+,11?,12?/m1/s1. The summed E-state index contributed by atoms with van der Waals surface area (Å²) >= 11 is 0. The second-order valence-electron chi connectivity index (χ2n) is 4.14. The maximum Gasteiger partial charge on any atom is 0.115 e. The van der Waals surface area contributed by atoms with Crippen LogP contribution in [0.3, 0.4) is 0 Å². The molecule has 1 aliphatic carbocycles. The first-order valence-electron chi connectivity index (χ1n) is 5.71. The summed E-state index contributed by atoms with van der Waals surface area (Å²) in [4.78, 5) is 0. The summed E-state index contributed by atoms with van der Waals surface area (Å²) in [6.45, 7) is 7.07. The summed E-state index contributed by atoms with van der Waals surface area (Å²) in [6, 6.07) is 0. The van der Waals surface area contributed by atoms with Crippen LogP contribution < -0.4 is 0 Å². The Hall–Kier alpha value is -0.760. The van der Waals surface area contributed by atoms with Gasteiger partial charge in [-0.25, -0.2) is 0 Å². The van der Waals surface area contributed by atoms with Gasteiger partial charge in [0.05, 0.1) is 13.2 Å². The van der Waals surface area contributed by atoms with Crippen LogP contribution in [-0.4, -0.2) is 70.3 Å². The number of ether oxygens (including phenoxy) is 2. The number of hydrogen-bond acceptors (Lipinski definition) is 6. The molecular formula is C12H20O6. The molecule has 104 valence electrons. The molecule has 6 heteroatoms. The highest BCUT2D eigenvalue weighted by atomic mass is 16.5. The van der Waals surface area contributed by atoms with E-state index >= 15 is 0 Å². The van der Waals surface area contributed by atoms with Crippen LogP contribution >= 0.6 is 0 Å². The molecule has 0 radical (unpaired) electrons. The normalized spacial score (nSPS) is 40.4. The predicted molar refractivity (Wildman–Crippen MR) is 63.9 cm³/mol. The van der Waals surface area contributed by atoms with Crippen LogP contribution in [-0.2, 0) is 9.47 Å². The Morgan fingerprint density at radius 1 is 0.722 bits per heavy atom. The Bertz CT molecular complexity index is 238. The van der Waals surface area contributed by atoms with Crippen molar-refractivity contribution in [2.45, 2.75) is 36.6 Å². The summed E-state index contributed by atoms with van der Waals surface area (Å²) in [5.41, 5.74) is 0. The molecule has 0 bridgehead atoms. The molecule has 1 aliphatic rings. The van der Waals surface area contributed by atoms with Gasteiger partial charge in [-0.1, -0.05) is 12.2 Å². The zero-order valence-electron chi connectivity index (χ0n) is 10.1. The van der Waals surface area contributed by atoms with Gasteiger partial charge in [0.1, 0.15) is 36.6 Å². The van der Waals surface area contributed by atoms with Crippen molar-refractivity contribution in [1.82, 2.24) is 0 Å². The first-order valence-corrected chi connectivity index (χ1v) is 5.71. The molecule has 0 spiro atoms. The summed E-state index contributed by atoms with van der Waals surface area (Å²) in [6.07, 6.45) is -4.68. The maximum atomic E-state index is 9.84. The molecule has 18 heavy (non-hydrogen) atoms. The van der Waals surface area contributed by atoms with Gasteiger partial charge in [-0.2, -0.15) is 0 Å². The fourth-order valence-corrected chi connectivity index (χ4v) is 1.93. The van der Waals surface area contributed by atoms with E-state index in [1.807, 2.05) is 0 Å². The van der Waals surface area contributed by atoms with Gasteiger partial charge in [0.2, 0.25) is 0 Å². The van der Waals surface area contributed by atoms with E-state index in [1.165, 1.54) is 12.2 Å². The van der Waals surface area contributed by atoms with Crippen LogP contribution in [0.25, 0.3) is 0 Å². The Kier molecular flexibility index (Phi) is 5.94. The largest absolute Gasteiger partial charge is 0.387 e. The molecule has 0 aromatic rings. The van der Waals surface area contributed by atoms with Crippen molar-refractivity contribution in [2.75, 3.05) is 13.2 Å². The van der Waals surface area contributed by atoms with E-state index in [4.69, 9.17) is 9.47 Å². The zero-order chi connectivity index (χ0) is 13.7. The van der Waals surface area contributed by atoms with Gasteiger partial charge in [-0.3, -0.25) is 0 Å². The molecule has 1 fully saturated rings. The van der Waals surface area contributed by atoms with Gasteiger partial charge in [-0.15, -0.1) is 13.2 Å². The van der Waals surface area contributed by atoms with Crippen molar-refractivity contribution >= 4 is 0 Å². The van der Waals surface area contributed by atoms with Gasteiger partial charge in [-0.05, 0) is 0 Å². The van der Waals surface area contributed by atoms with E-state index in [0.717, 1.165) is 0 Å². The number of rotatable bonds is 6. The first kappa shape index (κ1) is 15.3. The average molecular weight is 260 g/mol. The second-order valence-corrected chi connectivity index (χ2v) is 4.14. The Morgan fingerprint density at radius 3 is 1.22 bits per heavy atom. The highest BCUT2D eigenvalue weighted by molar-refractivity contribution is 5.00. The van der Waals surface area contributed by atoms with E-state index in [2.05, 4.69) is 13.2 Å². The quantitative estimate of drug-likeness (QED) is 0.438. The molecule has 0 aliphatic heterocycles. The third kappa shape index (κ3) is 3.17. The van der Waals surface area contributed by atoms with Crippen molar-refractivity contribution in [3.05, 3.63) is 25.3 Å². The summed E-state index contributed by atoms with van der Waals surface area (Å²) in [7, 11) is 0. The van der Waals surface area contributed by atoms with Crippen LogP contribution in [0.5, 0.6) is 0 Å². The molecule has 1 rings (SSSR count). The third-order valence-electron chi connectivity index (χ3n) is 2.86. The number of aliphatic hydroxyl groups excluding tert-OH is 4. The van der Waals surface area contributed by atoms with E-state index in [1.54, 1.807) is 0 Å². The lowest BCUT2D eigenvalue weighted by Crippen LogP contribution is -2.65. The van der Waals surface area contributed by atoms with Crippen molar-refractivity contribution in [3.63, 3.8) is 0 Å². The predicted octanol–water partition coefficient (Wildman–Crippen LogP) is -1.41. The lowest BCUT2D eigenvalue weighted by Gasteiger charge is -2.43. The lowest BCUT2D eigenvalue weighted by atomic mass is 9.84. The fraction of sp³-hybridized carbons (Fsp3) is 0.667. The van der Waals surface area contributed by atoms with Gasteiger partial charge in [0.15, 0.2) is 0 Å². The van der Waals surface area contributed by atoms with Gasteiger partial charge >= 0.3 is 0 Å². The van der Waals surface area contributed by atoms with Crippen LogP contribution in [0.15, 0.2) is 25.3 Å². The Morgan fingerprint density at radius 2 is 1.00 bits per heavy atom. The molecule has 0 amide bonds. The molecule has 4 N–H and O–H groups in total. The third-order valence-corrected chi connectivity index (χ3v) is 2.86. The number of hydrogen-bond donors (Lipinski definition) is 4. The van der Waals surface area contributed by atoms with Gasteiger partial charge in [0.25, 0.3) is 0 Å². The molecule has 1 saturated carbocycles. The van der Waals surface area contributed by atoms with E-state index in [-0.39, 0.29) is 13.2 Å². The maximum absolute atomic E-state index is 9.84. The molecule has 0 aromatic heterocycles. The smallest absolute Gasteiger partial charge is 0.115 e. The second kappa shape index (κ2) is 6.98. The first-order chi connectivity index (χ1) is 8.54. The lowest BCUT2D eigenvalue weighted by molar-refractivity contribution is -0.241. The van der Waals surface area contributed by atoms with Gasteiger partial charge in [0, 0.05) is 0 Å². The topological polar surface area (TPSA) is 99.4 Å².